The van der Waals surface area contributed by atoms with E-state index in [-0.39, 0.29) is 12.1 Å². The van der Waals surface area contributed by atoms with Crippen LogP contribution in [0, 0.1) is 5.92 Å². The van der Waals surface area contributed by atoms with E-state index in [1.807, 2.05) is 0 Å². The van der Waals surface area contributed by atoms with Gasteiger partial charge in [-0.05, 0) is 43.2 Å². The molecule has 3 N–H and O–H groups in total. The number of hydrogen-bond acceptors (Lipinski definition) is 3. The van der Waals surface area contributed by atoms with Gasteiger partial charge in [-0.2, -0.15) is 0 Å². The summed E-state index contributed by atoms with van der Waals surface area (Å²) in [6, 6.07) is 8.34. The molecule has 5 nitrogen and oxygen atoms in total. The average molecular weight is 317 g/mol. The monoisotopic (exact) mass is 317 g/mol. The molecule has 0 aromatic heterocycles. The molecule has 3 rings (SSSR count). The molecule has 3 atom stereocenters. The average Bonchev–Trinajstić information content (AvgIpc) is 2.98. The van der Waals surface area contributed by atoms with Crippen molar-refractivity contribution in [2.45, 2.75) is 37.7 Å². The second kappa shape index (κ2) is 7.21. The molecule has 1 saturated carbocycles. The van der Waals surface area contributed by atoms with Crippen LogP contribution in [0.15, 0.2) is 24.3 Å². The summed E-state index contributed by atoms with van der Waals surface area (Å²) in [5.74, 6) is 0.793. The van der Waals surface area contributed by atoms with Crippen LogP contribution < -0.4 is 15.5 Å². The number of carbonyl (C=O) groups excluding carboxylic acids is 1. The number of para-hydroxylation sites is 1. The Balaban J connectivity index is 1.47. The molecule has 5 heteroatoms. The fraction of sp³-hybridized carbons (Fsp3) is 0.611. The lowest BCUT2D eigenvalue weighted by Gasteiger charge is -2.33. The molecule has 1 aliphatic carbocycles. The molecule has 1 fully saturated rings. The van der Waals surface area contributed by atoms with Crippen LogP contribution in [-0.4, -0.2) is 43.9 Å². The fourth-order valence-corrected chi connectivity index (χ4v) is 3.77. The SMILES string of the molecule is CN1CC[C@H](CNC(=O)NC[C@@H]2CC[C@@H](O)C2)c2ccccc21. The minimum Gasteiger partial charge on any atom is -0.393 e. The topological polar surface area (TPSA) is 64.6 Å². The molecule has 0 unspecified atom stereocenters. The Morgan fingerprint density at radius 3 is 2.78 bits per heavy atom. The molecule has 1 aromatic carbocycles. The van der Waals surface area contributed by atoms with E-state index in [9.17, 15) is 9.90 Å². The zero-order valence-corrected chi connectivity index (χ0v) is 13.8. The van der Waals surface area contributed by atoms with Crippen LogP contribution in [0.2, 0.25) is 0 Å². The van der Waals surface area contributed by atoms with Crippen molar-refractivity contribution >= 4 is 11.7 Å². The van der Waals surface area contributed by atoms with Crippen molar-refractivity contribution in [2.24, 2.45) is 5.92 Å². The smallest absolute Gasteiger partial charge is 0.314 e. The summed E-state index contributed by atoms with van der Waals surface area (Å²) in [7, 11) is 2.12. The highest BCUT2D eigenvalue weighted by molar-refractivity contribution is 5.74. The molecule has 2 amide bonds. The van der Waals surface area contributed by atoms with Gasteiger partial charge < -0.3 is 20.6 Å². The minimum absolute atomic E-state index is 0.0946. The predicted octanol–water partition coefficient (Wildman–Crippen LogP) is 2.07. The second-order valence-electron chi connectivity index (χ2n) is 6.89. The van der Waals surface area contributed by atoms with Crippen molar-refractivity contribution in [3.63, 3.8) is 0 Å². The largest absolute Gasteiger partial charge is 0.393 e. The van der Waals surface area contributed by atoms with Crippen LogP contribution >= 0.6 is 0 Å². The molecule has 1 aliphatic heterocycles. The Bertz CT molecular complexity index is 549. The number of aliphatic hydroxyl groups is 1. The number of nitrogens with one attached hydrogen (secondary N) is 2. The van der Waals surface area contributed by atoms with Crippen LogP contribution in [-0.2, 0) is 0 Å². The lowest BCUT2D eigenvalue weighted by Crippen LogP contribution is -2.41. The summed E-state index contributed by atoms with van der Waals surface area (Å²) >= 11 is 0. The molecule has 1 aromatic rings. The van der Waals surface area contributed by atoms with Crippen molar-refractivity contribution in [3.05, 3.63) is 29.8 Å². The Kier molecular flexibility index (Phi) is 5.06. The van der Waals surface area contributed by atoms with E-state index in [2.05, 4.69) is 46.8 Å². The van der Waals surface area contributed by atoms with Gasteiger partial charge in [0.25, 0.3) is 0 Å². The van der Waals surface area contributed by atoms with Crippen LogP contribution in [0.5, 0.6) is 0 Å². The van der Waals surface area contributed by atoms with Crippen molar-refractivity contribution in [2.75, 3.05) is 31.6 Å². The first-order chi connectivity index (χ1) is 11.1. The maximum Gasteiger partial charge on any atom is 0.314 e. The van der Waals surface area contributed by atoms with Gasteiger partial charge in [0.15, 0.2) is 0 Å². The van der Waals surface area contributed by atoms with Gasteiger partial charge in [0, 0.05) is 38.3 Å². The molecule has 0 bridgehead atoms. The maximum absolute atomic E-state index is 12.0. The highest BCUT2D eigenvalue weighted by Crippen LogP contribution is 2.33. The number of nitrogens with zero attached hydrogens (tertiary/aromatic N) is 1. The molecule has 2 aliphatic rings. The van der Waals surface area contributed by atoms with Gasteiger partial charge >= 0.3 is 6.03 Å². The van der Waals surface area contributed by atoms with E-state index >= 15 is 0 Å². The number of aliphatic hydroxyl groups excluding tert-OH is 1. The van der Waals surface area contributed by atoms with Crippen LogP contribution in [0.4, 0.5) is 10.5 Å². The lowest BCUT2D eigenvalue weighted by molar-refractivity contribution is 0.177. The number of benzene rings is 1. The second-order valence-corrected chi connectivity index (χ2v) is 6.89. The summed E-state index contributed by atoms with van der Waals surface area (Å²) in [6.07, 6.45) is 3.55. The van der Waals surface area contributed by atoms with E-state index in [1.165, 1.54) is 11.3 Å². The fourth-order valence-electron chi connectivity index (χ4n) is 3.77. The highest BCUT2D eigenvalue weighted by Gasteiger charge is 2.24. The van der Waals surface area contributed by atoms with Crippen molar-refractivity contribution < 1.29 is 9.90 Å². The van der Waals surface area contributed by atoms with Gasteiger partial charge in [0.05, 0.1) is 6.10 Å². The van der Waals surface area contributed by atoms with E-state index in [0.29, 0.717) is 24.9 Å². The summed E-state index contributed by atoms with van der Waals surface area (Å²) in [6.45, 7) is 2.35. The Morgan fingerprint density at radius 1 is 1.22 bits per heavy atom. The predicted molar refractivity (Wildman–Crippen MR) is 91.8 cm³/mol. The zero-order valence-electron chi connectivity index (χ0n) is 13.8. The van der Waals surface area contributed by atoms with Gasteiger partial charge in [-0.3, -0.25) is 0 Å². The number of urea groups is 1. The van der Waals surface area contributed by atoms with Gasteiger partial charge in [0.1, 0.15) is 0 Å². The summed E-state index contributed by atoms with van der Waals surface area (Å²) in [5, 5.41) is 15.5. The Labute approximate surface area is 138 Å². The molecule has 23 heavy (non-hydrogen) atoms. The number of rotatable bonds is 4. The van der Waals surface area contributed by atoms with Crippen molar-refractivity contribution in [3.8, 4) is 0 Å². The first-order valence-corrected chi connectivity index (χ1v) is 8.63. The molecular formula is C18H27N3O2. The standard InChI is InChI=1S/C18H27N3O2/c1-21-9-8-14(16-4-2-3-5-17(16)21)12-20-18(23)19-11-13-6-7-15(22)10-13/h2-5,13-15,22H,6-12H2,1H3,(H2,19,20,23)/t13-,14-,15-/m1/s1. The normalized spacial score (nSPS) is 26.7. The Morgan fingerprint density at radius 2 is 2.00 bits per heavy atom. The summed E-state index contributed by atoms with van der Waals surface area (Å²) in [4.78, 5) is 14.3. The number of amides is 2. The van der Waals surface area contributed by atoms with Gasteiger partial charge in [-0.15, -0.1) is 0 Å². The molecule has 0 saturated heterocycles. The number of carbonyl (C=O) groups is 1. The summed E-state index contributed by atoms with van der Waals surface area (Å²) in [5.41, 5.74) is 2.59. The molecule has 126 valence electrons. The highest BCUT2D eigenvalue weighted by atomic mass is 16.3. The van der Waals surface area contributed by atoms with Crippen LogP contribution in [0.3, 0.4) is 0 Å². The minimum atomic E-state index is -0.180. The van der Waals surface area contributed by atoms with Crippen LogP contribution in [0.25, 0.3) is 0 Å². The summed E-state index contributed by atoms with van der Waals surface area (Å²) < 4.78 is 0. The first kappa shape index (κ1) is 16.1. The maximum atomic E-state index is 12.0. The number of hydrogen-bond donors (Lipinski definition) is 3. The molecular weight excluding hydrogens is 290 g/mol. The third-order valence-corrected chi connectivity index (χ3v) is 5.17. The van der Waals surface area contributed by atoms with E-state index in [4.69, 9.17) is 0 Å². The van der Waals surface area contributed by atoms with Gasteiger partial charge in [-0.1, -0.05) is 18.2 Å². The van der Waals surface area contributed by atoms with E-state index < -0.39 is 0 Å². The van der Waals surface area contributed by atoms with Crippen molar-refractivity contribution in [1.29, 1.82) is 0 Å². The molecule has 1 heterocycles. The van der Waals surface area contributed by atoms with Crippen molar-refractivity contribution in [1.82, 2.24) is 10.6 Å². The number of anilines is 1. The zero-order chi connectivity index (χ0) is 16.2. The Hall–Kier alpha value is -1.75. The quantitative estimate of drug-likeness (QED) is 0.796. The lowest BCUT2D eigenvalue weighted by atomic mass is 9.90. The number of fused-ring (bicyclic) bond motifs is 1. The van der Waals surface area contributed by atoms with Gasteiger partial charge in [0.2, 0.25) is 0 Å². The van der Waals surface area contributed by atoms with E-state index in [1.54, 1.807) is 0 Å². The van der Waals surface area contributed by atoms with Gasteiger partial charge in [-0.25, -0.2) is 4.79 Å². The molecule has 0 radical (unpaired) electrons. The third-order valence-electron chi connectivity index (χ3n) is 5.17. The third kappa shape index (κ3) is 3.96. The molecule has 0 spiro atoms. The van der Waals surface area contributed by atoms with E-state index in [0.717, 1.165) is 32.2 Å². The van der Waals surface area contributed by atoms with Crippen LogP contribution in [0.1, 0.15) is 37.2 Å². The first-order valence-electron chi connectivity index (χ1n) is 8.63.